The molecule has 0 saturated carbocycles. The summed E-state index contributed by atoms with van der Waals surface area (Å²) in [5.41, 5.74) is 2.83. The van der Waals surface area contributed by atoms with Crippen molar-refractivity contribution in [3.8, 4) is 18.1 Å². The summed E-state index contributed by atoms with van der Waals surface area (Å²) >= 11 is 0. The fourth-order valence-electron chi connectivity index (χ4n) is 2.24. The lowest BCUT2D eigenvalue weighted by molar-refractivity contribution is 0.412. The first-order valence-electron chi connectivity index (χ1n) is 5.66. The Labute approximate surface area is 97.0 Å². The largest absolute Gasteiger partial charge is 0.497 e. The normalized spacial score (nSPS) is 18.6. The molecule has 1 aliphatic rings. The zero-order valence-electron chi connectivity index (χ0n) is 9.62. The van der Waals surface area contributed by atoms with Gasteiger partial charge in [-0.1, -0.05) is 12.0 Å². The minimum atomic E-state index is 0.510. The predicted molar refractivity (Wildman–Crippen MR) is 65.6 cm³/mol. The van der Waals surface area contributed by atoms with Gasteiger partial charge in [0.05, 0.1) is 13.7 Å². The van der Waals surface area contributed by atoms with Crippen LogP contribution in [0.5, 0.6) is 5.75 Å². The molecule has 0 bridgehead atoms. The standard InChI is InChI=1S/C14H17NO/c1-3-8-15-13-6-4-11-5-7-14(16-2)10-12(11)9-13/h1,5,7,10,13,15H,4,6,8-9H2,2H3/t13-/m1/s1. The molecule has 2 heteroatoms. The molecule has 0 fully saturated rings. The Morgan fingerprint density at radius 3 is 3.12 bits per heavy atom. The summed E-state index contributed by atoms with van der Waals surface area (Å²) in [6, 6.07) is 6.86. The quantitative estimate of drug-likeness (QED) is 0.776. The van der Waals surface area contributed by atoms with E-state index >= 15 is 0 Å². The predicted octanol–water partition coefficient (Wildman–Crippen LogP) is 1.78. The van der Waals surface area contributed by atoms with Gasteiger partial charge < -0.3 is 10.1 Å². The molecule has 0 spiro atoms. The first-order chi connectivity index (χ1) is 7.83. The molecular weight excluding hydrogens is 198 g/mol. The summed E-state index contributed by atoms with van der Waals surface area (Å²) in [5, 5.41) is 3.37. The SMILES string of the molecule is C#CCN[C@@H]1CCc2ccc(OC)cc2C1. The lowest BCUT2D eigenvalue weighted by atomic mass is 9.88. The van der Waals surface area contributed by atoms with Gasteiger partial charge in [-0.15, -0.1) is 6.42 Å². The number of aryl methyl sites for hydroxylation is 1. The fourth-order valence-corrected chi connectivity index (χ4v) is 2.24. The Kier molecular flexibility index (Phi) is 3.48. The molecule has 0 saturated heterocycles. The molecule has 1 atom stereocenters. The second kappa shape index (κ2) is 5.05. The number of benzene rings is 1. The molecule has 0 aliphatic heterocycles. The molecule has 1 aromatic rings. The molecular formula is C14H17NO. The van der Waals surface area contributed by atoms with Crippen molar-refractivity contribution >= 4 is 0 Å². The van der Waals surface area contributed by atoms with Crippen molar-refractivity contribution < 1.29 is 4.74 Å². The summed E-state index contributed by atoms with van der Waals surface area (Å²) in [4.78, 5) is 0. The average molecular weight is 215 g/mol. The van der Waals surface area contributed by atoms with E-state index in [1.807, 2.05) is 6.07 Å². The third kappa shape index (κ3) is 2.37. The van der Waals surface area contributed by atoms with Gasteiger partial charge in [0.15, 0.2) is 0 Å². The maximum atomic E-state index is 5.25. The van der Waals surface area contributed by atoms with Gasteiger partial charge in [0, 0.05) is 6.04 Å². The van der Waals surface area contributed by atoms with Gasteiger partial charge in [-0.2, -0.15) is 0 Å². The van der Waals surface area contributed by atoms with Crippen LogP contribution in [0.4, 0.5) is 0 Å². The molecule has 2 nitrogen and oxygen atoms in total. The maximum Gasteiger partial charge on any atom is 0.119 e. The zero-order chi connectivity index (χ0) is 11.4. The highest BCUT2D eigenvalue weighted by atomic mass is 16.5. The monoisotopic (exact) mass is 215 g/mol. The van der Waals surface area contributed by atoms with Crippen LogP contribution in [0.1, 0.15) is 17.5 Å². The summed E-state index contributed by atoms with van der Waals surface area (Å²) in [7, 11) is 1.71. The number of methoxy groups -OCH3 is 1. The fraction of sp³-hybridized carbons (Fsp3) is 0.429. The van der Waals surface area contributed by atoms with E-state index < -0.39 is 0 Å². The van der Waals surface area contributed by atoms with Crippen molar-refractivity contribution in [1.82, 2.24) is 5.32 Å². The van der Waals surface area contributed by atoms with Crippen molar-refractivity contribution in [3.63, 3.8) is 0 Å². The minimum Gasteiger partial charge on any atom is -0.497 e. The van der Waals surface area contributed by atoms with E-state index in [0.29, 0.717) is 12.6 Å². The van der Waals surface area contributed by atoms with Crippen LogP contribution >= 0.6 is 0 Å². The minimum absolute atomic E-state index is 0.510. The highest BCUT2D eigenvalue weighted by Gasteiger charge is 2.18. The Hall–Kier alpha value is -1.46. The molecule has 0 radical (unpaired) electrons. The molecule has 0 unspecified atom stereocenters. The lowest BCUT2D eigenvalue weighted by Crippen LogP contribution is -2.34. The molecule has 0 aromatic heterocycles. The highest BCUT2D eigenvalue weighted by Crippen LogP contribution is 2.25. The van der Waals surface area contributed by atoms with Crippen molar-refractivity contribution in [2.75, 3.05) is 13.7 Å². The van der Waals surface area contributed by atoms with Gasteiger partial charge in [-0.25, -0.2) is 0 Å². The van der Waals surface area contributed by atoms with Gasteiger partial charge in [0.1, 0.15) is 5.75 Å². The molecule has 0 amide bonds. The van der Waals surface area contributed by atoms with Crippen LogP contribution in [0.3, 0.4) is 0 Å². The number of ether oxygens (including phenoxy) is 1. The Bertz CT molecular complexity index is 406. The smallest absolute Gasteiger partial charge is 0.119 e. The number of nitrogens with one attached hydrogen (secondary N) is 1. The van der Waals surface area contributed by atoms with Crippen LogP contribution in [0.15, 0.2) is 18.2 Å². The van der Waals surface area contributed by atoms with Crippen LogP contribution in [-0.2, 0) is 12.8 Å². The first-order valence-corrected chi connectivity index (χ1v) is 5.66. The Morgan fingerprint density at radius 2 is 2.38 bits per heavy atom. The van der Waals surface area contributed by atoms with Crippen LogP contribution in [-0.4, -0.2) is 19.7 Å². The van der Waals surface area contributed by atoms with Crippen molar-refractivity contribution in [1.29, 1.82) is 0 Å². The summed E-state index contributed by atoms with van der Waals surface area (Å²) in [6.07, 6.45) is 8.60. The van der Waals surface area contributed by atoms with Gasteiger partial charge >= 0.3 is 0 Å². The van der Waals surface area contributed by atoms with E-state index in [-0.39, 0.29) is 0 Å². The number of rotatable bonds is 3. The second-order valence-electron chi connectivity index (χ2n) is 4.16. The van der Waals surface area contributed by atoms with Crippen molar-refractivity contribution in [2.24, 2.45) is 0 Å². The molecule has 2 rings (SSSR count). The van der Waals surface area contributed by atoms with Gasteiger partial charge in [-0.3, -0.25) is 0 Å². The third-order valence-corrected chi connectivity index (χ3v) is 3.13. The molecule has 1 aromatic carbocycles. The van der Waals surface area contributed by atoms with E-state index in [2.05, 4.69) is 23.4 Å². The van der Waals surface area contributed by atoms with Crippen LogP contribution < -0.4 is 10.1 Å². The Balaban J connectivity index is 2.09. The van der Waals surface area contributed by atoms with E-state index in [1.54, 1.807) is 7.11 Å². The van der Waals surface area contributed by atoms with Crippen LogP contribution in [0, 0.1) is 12.3 Å². The number of fused-ring (bicyclic) bond motifs is 1. The molecule has 0 heterocycles. The van der Waals surface area contributed by atoms with E-state index in [4.69, 9.17) is 11.2 Å². The number of terminal acetylenes is 1. The zero-order valence-corrected chi connectivity index (χ0v) is 9.62. The van der Waals surface area contributed by atoms with Gasteiger partial charge in [-0.05, 0) is 42.5 Å². The van der Waals surface area contributed by atoms with Crippen LogP contribution in [0.25, 0.3) is 0 Å². The number of hydrogen-bond acceptors (Lipinski definition) is 2. The third-order valence-electron chi connectivity index (χ3n) is 3.13. The van der Waals surface area contributed by atoms with E-state index in [1.165, 1.54) is 17.5 Å². The van der Waals surface area contributed by atoms with E-state index in [0.717, 1.165) is 18.6 Å². The second-order valence-corrected chi connectivity index (χ2v) is 4.16. The first kappa shape index (κ1) is 11.0. The summed E-state index contributed by atoms with van der Waals surface area (Å²) < 4.78 is 5.24. The summed E-state index contributed by atoms with van der Waals surface area (Å²) in [6.45, 7) is 0.657. The summed E-state index contributed by atoms with van der Waals surface area (Å²) in [5.74, 6) is 3.57. The lowest BCUT2D eigenvalue weighted by Gasteiger charge is -2.25. The van der Waals surface area contributed by atoms with E-state index in [9.17, 15) is 0 Å². The number of hydrogen-bond donors (Lipinski definition) is 1. The Morgan fingerprint density at radius 1 is 1.50 bits per heavy atom. The average Bonchev–Trinajstić information content (AvgIpc) is 2.35. The van der Waals surface area contributed by atoms with Crippen molar-refractivity contribution in [2.45, 2.75) is 25.3 Å². The molecule has 1 aliphatic carbocycles. The molecule has 16 heavy (non-hydrogen) atoms. The maximum absolute atomic E-state index is 5.25. The molecule has 1 N–H and O–H groups in total. The van der Waals surface area contributed by atoms with Crippen LogP contribution in [0.2, 0.25) is 0 Å². The topological polar surface area (TPSA) is 21.3 Å². The molecule has 84 valence electrons. The van der Waals surface area contributed by atoms with Crippen molar-refractivity contribution in [3.05, 3.63) is 29.3 Å². The van der Waals surface area contributed by atoms with Gasteiger partial charge in [0.2, 0.25) is 0 Å². The highest BCUT2D eigenvalue weighted by molar-refractivity contribution is 5.37. The van der Waals surface area contributed by atoms with Gasteiger partial charge in [0.25, 0.3) is 0 Å².